The van der Waals surface area contributed by atoms with Crippen LogP contribution in [0.25, 0.3) is 0 Å². The molecule has 3 aromatic carbocycles. The van der Waals surface area contributed by atoms with Gasteiger partial charge in [-0.15, -0.1) is 0 Å². The van der Waals surface area contributed by atoms with Crippen LogP contribution in [0.1, 0.15) is 42.4 Å². The van der Waals surface area contributed by atoms with E-state index in [2.05, 4.69) is 5.32 Å². The summed E-state index contributed by atoms with van der Waals surface area (Å²) in [6.45, 7) is 0.917. The summed E-state index contributed by atoms with van der Waals surface area (Å²) >= 11 is 0. The standard InChI is InChI=1S/C29H29FN2O4/c30-24-7-3-4-22(14-24)18-32(29(34)23-5-1-2-6-23)25-11-8-20(9-12-25)16-28(33)31-17-21-10-13-26-27(15-21)36-19-35-26/h3-4,7-15,23H,1-2,5-6,16-19H2,(H,31,33). The quantitative estimate of drug-likeness (QED) is 0.477. The van der Waals surface area contributed by atoms with E-state index in [1.54, 1.807) is 11.0 Å². The van der Waals surface area contributed by atoms with Crippen LogP contribution in [0.3, 0.4) is 0 Å². The molecule has 0 spiro atoms. The molecule has 186 valence electrons. The Bertz CT molecular complexity index is 1240. The fraction of sp³-hybridized carbons (Fsp3) is 0.310. The largest absolute Gasteiger partial charge is 0.454 e. The molecule has 1 heterocycles. The highest BCUT2D eigenvalue weighted by Crippen LogP contribution is 2.32. The highest BCUT2D eigenvalue weighted by Gasteiger charge is 2.28. The van der Waals surface area contributed by atoms with E-state index in [-0.39, 0.29) is 36.8 Å². The third-order valence-electron chi connectivity index (χ3n) is 6.74. The van der Waals surface area contributed by atoms with Crippen molar-refractivity contribution in [2.75, 3.05) is 11.7 Å². The molecule has 1 aliphatic heterocycles. The summed E-state index contributed by atoms with van der Waals surface area (Å²) in [5.41, 5.74) is 3.27. The second-order valence-corrected chi connectivity index (χ2v) is 9.34. The molecule has 0 atom stereocenters. The molecule has 36 heavy (non-hydrogen) atoms. The number of hydrogen-bond acceptors (Lipinski definition) is 4. The Morgan fingerprint density at radius 1 is 0.889 bits per heavy atom. The van der Waals surface area contributed by atoms with E-state index in [0.717, 1.165) is 48.1 Å². The van der Waals surface area contributed by atoms with Crippen LogP contribution in [-0.2, 0) is 29.1 Å². The normalized spacial score (nSPS) is 14.6. The summed E-state index contributed by atoms with van der Waals surface area (Å²) in [5.74, 6) is 1.06. The predicted molar refractivity (Wildman–Crippen MR) is 134 cm³/mol. The first kappa shape index (κ1) is 23.9. The summed E-state index contributed by atoms with van der Waals surface area (Å²) in [7, 11) is 0. The maximum atomic E-state index is 13.8. The van der Waals surface area contributed by atoms with Crippen LogP contribution in [0.2, 0.25) is 0 Å². The van der Waals surface area contributed by atoms with Crippen molar-refractivity contribution in [2.45, 2.75) is 45.2 Å². The minimum absolute atomic E-state index is 0.000179. The molecule has 3 aromatic rings. The molecule has 2 aliphatic rings. The molecule has 0 unspecified atom stereocenters. The lowest BCUT2D eigenvalue weighted by Gasteiger charge is -2.26. The zero-order valence-corrected chi connectivity index (χ0v) is 20.0. The summed E-state index contributed by atoms with van der Waals surface area (Å²) < 4.78 is 24.5. The number of benzene rings is 3. The van der Waals surface area contributed by atoms with Gasteiger partial charge in [0.15, 0.2) is 11.5 Å². The number of rotatable bonds is 8. The first-order valence-corrected chi connectivity index (χ1v) is 12.3. The van der Waals surface area contributed by atoms with Crippen molar-refractivity contribution in [2.24, 2.45) is 5.92 Å². The van der Waals surface area contributed by atoms with Gasteiger partial charge in [0.25, 0.3) is 0 Å². The van der Waals surface area contributed by atoms with Crippen molar-refractivity contribution in [1.82, 2.24) is 5.32 Å². The minimum atomic E-state index is -0.317. The lowest BCUT2D eigenvalue weighted by atomic mass is 10.0. The van der Waals surface area contributed by atoms with Crippen molar-refractivity contribution in [3.05, 3.63) is 89.2 Å². The average Bonchev–Trinajstić information content (AvgIpc) is 3.58. The fourth-order valence-electron chi connectivity index (χ4n) is 4.80. The number of amides is 2. The van der Waals surface area contributed by atoms with Gasteiger partial charge in [-0.2, -0.15) is 0 Å². The molecule has 1 aliphatic carbocycles. The first-order chi connectivity index (χ1) is 17.5. The van der Waals surface area contributed by atoms with Gasteiger partial charge in [-0.25, -0.2) is 4.39 Å². The first-order valence-electron chi connectivity index (χ1n) is 12.3. The molecule has 7 heteroatoms. The predicted octanol–water partition coefficient (Wildman–Crippen LogP) is 5.14. The monoisotopic (exact) mass is 488 g/mol. The zero-order valence-electron chi connectivity index (χ0n) is 20.0. The van der Waals surface area contributed by atoms with Crippen molar-refractivity contribution < 1.29 is 23.5 Å². The second-order valence-electron chi connectivity index (χ2n) is 9.34. The van der Waals surface area contributed by atoms with Crippen LogP contribution < -0.4 is 19.7 Å². The summed E-state index contributed by atoms with van der Waals surface area (Å²) in [6.07, 6.45) is 4.13. The van der Waals surface area contributed by atoms with E-state index in [1.165, 1.54) is 12.1 Å². The van der Waals surface area contributed by atoms with Gasteiger partial charge in [0, 0.05) is 18.2 Å². The zero-order chi connectivity index (χ0) is 24.9. The van der Waals surface area contributed by atoms with Crippen molar-refractivity contribution >= 4 is 17.5 Å². The van der Waals surface area contributed by atoms with E-state index in [9.17, 15) is 14.0 Å². The van der Waals surface area contributed by atoms with Gasteiger partial charge >= 0.3 is 0 Å². The molecule has 0 aromatic heterocycles. The van der Waals surface area contributed by atoms with Gasteiger partial charge in [0.2, 0.25) is 18.6 Å². The van der Waals surface area contributed by atoms with E-state index in [4.69, 9.17) is 9.47 Å². The Kier molecular flexibility index (Phi) is 7.16. The number of fused-ring (bicyclic) bond motifs is 1. The van der Waals surface area contributed by atoms with Crippen molar-refractivity contribution in [1.29, 1.82) is 0 Å². The number of carbonyl (C=O) groups excluding carboxylic acids is 2. The van der Waals surface area contributed by atoms with Gasteiger partial charge in [0.05, 0.1) is 13.0 Å². The molecular weight excluding hydrogens is 459 g/mol. The Morgan fingerprint density at radius 2 is 1.64 bits per heavy atom. The third-order valence-corrected chi connectivity index (χ3v) is 6.74. The molecule has 1 fully saturated rings. The van der Waals surface area contributed by atoms with E-state index in [0.29, 0.717) is 24.6 Å². The highest BCUT2D eigenvalue weighted by atomic mass is 19.1. The fourth-order valence-corrected chi connectivity index (χ4v) is 4.80. The van der Waals surface area contributed by atoms with E-state index < -0.39 is 0 Å². The Labute approximate surface area is 210 Å². The summed E-state index contributed by atoms with van der Waals surface area (Å²) in [6, 6.07) is 19.4. The molecule has 0 saturated heterocycles. The molecule has 1 saturated carbocycles. The van der Waals surface area contributed by atoms with Crippen LogP contribution in [0, 0.1) is 11.7 Å². The summed E-state index contributed by atoms with van der Waals surface area (Å²) in [5, 5.41) is 2.93. The van der Waals surface area contributed by atoms with Crippen LogP contribution in [0.5, 0.6) is 11.5 Å². The second kappa shape index (κ2) is 10.8. The molecule has 6 nitrogen and oxygen atoms in total. The molecule has 0 bridgehead atoms. The third kappa shape index (κ3) is 5.67. The van der Waals surface area contributed by atoms with Crippen LogP contribution in [0.15, 0.2) is 66.7 Å². The van der Waals surface area contributed by atoms with Crippen LogP contribution in [0.4, 0.5) is 10.1 Å². The topological polar surface area (TPSA) is 67.9 Å². The smallest absolute Gasteiger partial charge is 0.231 e. The number of ether oxygens (including phenoxy) is 2. The number of anilines is 1. The molecule has 0 radical (unpaired) electrons. The van der Waals surface area contributed by atoms with Gasteiger partial charge in [0.1, 0.15) is 5.82 Å². The van der Waals surface area contributed by atoms with Crippen molar-refractivity contribution in [3.63, 3.8) is 0 Å². The number of carbonyl (C=O) groups is 2. The van der Waals surface area contributed by atoms with Gasteiger partial charge < -0.3 is 19.7 Å². The average molecular weight is 489 g/mol. The summed E-state index contributed by atoms with van der Waals surface area (Å²) in [4.78, 5) is 27.6. The number of nitrogens with zero attached hydrogens (tertiary/aromatic N) is 1. The number of hydrogen-bond donors (Lipinski definition) is 1. The van der Waals surface area contributed by atoms with Gasteiger partial charge in [-0.05, 0) is 65.9 Å². The Morgan fingerprint density at radius 3 is 2.42 bits per heavy atom. The van der Waals surface area contributed by atoms with E-state index in [1.807, 2.05) is 48.5 Å². The lowest BCUT2D eigenvalue weighted by molar-refractivity contribution is -0.122. The Hall–Kier alpha value is -3.87. The molecule has 2 amide bonds. The van der Waals surface area contributed by atoms with Crippen LogP contribution >= 0.6 is 0 Å². The SMILES string of the molecule is O=C(Cc1ccc(N(Cc2cccc(F)c2)C(=O)C2CCCC2)cc1)NCc1ccc2c(c1)OCO2. The number of nitrogens with one attached hydrogen (secondary N) is 1. The van der Waals surface area contributed by atoms with E-state index >= 15 is 0 Å². The highest BCUT2D eigenvalue weighted by molar-refractivity contribution is 5.95. The van der Waals surface area contributed by atoms with Crippen LogP contribution in [-0.4, -0.2) is 18.6 Å². The lowest BCUT2D eigenvalue weighted by Crippen LogP contribution is -2.35. The maximum Gasteiger partial charge on any atom is 0.231 e. The van der Waals surface area contributed by atoms with Gasteiger partial charge in [-0.1, -0.05) is 43.2 Å². The van der Waals surface area contributed by atoms with Gasteiger partial charge in [-0.3, -0.25) is 9.59 Å². The van der Waals surface area contributed by atoms with Crippen molar-refractivity contribution in [3.8, 4) is 11.5 Å². The molecule has 1 N–H and O–H groups in total. The maximum absolute atomic E-state index is 13.8. The Balaban J connectivity index is 1.23. The number of halogens is 1. The minimum Gasteiger partial charge on any atom is -0.454 e. The molecule has 5 rings (SSSR count). The molecular formula is C29H29FN2O4.